The summed E-state index contributed by atoms with van der Waals surface area (Å²) in [7, 11) is 0. The maximum atomic E-state index is 13.5. The van der Waals surface area contributed by atoms with Crippen LogP contribution in [0.5, 0.6) is 0 Å². The second-order valence-corrected chi connectivity index (χ2v) is 5.68. The summed E-state index contributed by atoms with van der Waals surface area (Å²) >= 11 is 0. The molecule has 0 heterocycles. The number of halogens is 1. The third kappa shape index (κ3) is 1.56. The molecule has 1 nitrogen and oxygen atoms in total. The van der Waals surface area contributed by atoms with Gasteiger partial charge in [0.2, 0.25) is 0 Å². The normalized spacial score (nSPS) is 27.6. The fraction of sp³-hybridized carbons (Fsp3) is 0.571. The van der Waals surface area contributed by atoms with Gasteiger partial charge >= 0.3 is 0 Å². The molecule has 1 aliphatic rings. The third-order valence-corrected chi connectivity index (χ3v) is 4.20. The highest BCUT2D eigenvalue weighted by Crippen LogP contribution is 2.51. The summed E-state index contributed by atoms with van der Waals surface area (Å²) in [6, 6.07) is 4.21. The smallest absolute Gasteiger partial charge is 0.129 e. The molecule has 1 aliphatic carbocycles. The number of aryl methyl sites for hydroxylation is 2. The highest BCUT2D eigenvalue weighted by atomic mass is 19.1. The molecule has 0 bridgehead atoms. The van der Waals surface area contributed by atoms with Crippen molar-refractivity contribution in [1.82, 2.24) is 0 Å². The molecule has 1 aromatic carbocycles. The van der Waals surface area contributed by atoms with Crippen LogP contribution < -0.4 is 5.73 Å². The molecule has 1 aromatic rings. The lowest BCUT2D eigenvalue weighted by Crippen LogP contribution is -2.52. The number of hydrogen-bond donors (Lipinski definition) is 1. The van der Waals surface area contributed by atoms with Gasteiger partial charge in [0.25, 0.3) is 0 Å². The molecule has 0 radical (unpaired) electrons. The van der Waals surface area contributed by atoms with Gasteiger partial charge in [-0.1, -0.05) is 26.0 Å². The van der Waals surface area contributed by atoms with Crippen LogP contribution in [0, 0.1) is 25.1 Å². The van der Waals surface area contributed by atoms with Crippen molar-refractivity contribution >= 4 is 0 Å². The minimum atomic E-state index is -0.0785. The summed E-state index contributed by atoms with van der Waals surface area (Å²) in [4.78, 5) is 0. The van der Waals surface area contributed by atoms with Crippen molar-refractivity contribution in [2.45, 2.75) is 46.1 Å². The molecule has 1 saturated carbocycles. The fourth-order valence-corrected chi connectivity index (χ4v) is 2.71. The Morgan fingerprint density at radius 3 is 2.12 bits per heavy atom. The SMILES string of the molecule is Cc1cc(C2CC(N)C2(C)C)cc(C)c1F. The quantitative estimate of drug-likeness (QED) is 0.773. The highest BCUT2D eigenvalue weighted by molar-refractivity contribution is 5.35. The van der Waals surface area contributed by atoms with Gasteiger partial charge in [0.15, 0.2) is 0 Å². The van der Waals surface area contributed by atoms with Crippen LogP contribution in [0.1, 0.15) is 42.9 Å². The van der Waals surface area contributed by atoms with Gasteiger partial charge in [-0.25, -0.2) is 4.39 Å². The highest BCUT2D eigenvalue weighted by Gasteiger charge is 2.46. The van der Waals surface area contributed by atoms with E-state index in [4.69, 9.17) is 5.73 Å². The van der Waals surface area contributed by atoms with E-state index in [0.717, 1.165) is 17.5 Å². The summed E-state index contributed by atoms with van der Waals surface area (Å²) in [5.41, 5.74) is 8.87. The first-order valence-electron chi connectivity index (χ1n) is 5.86. The Kier molecular flexibility index (Phi) is 2.58. The molecular formula is C14H20FN. The topological polar surface area (TPSA) is 26.0 Å². The zero-order valence-corrected chi connectivity index (χ0v) is 10.5. The minimum Gasteiger partial charge on any atom is -0.327 e. The lowest BCUT2D eigenvalue weighted by Gasteiger charge is -2.51. The number of nitrogens with two attached hydrogens (primary N) is 1. The Labute approximate surface area is 96.9 Å². The third-order valence-electron chi connectivity index (χ3n) is 4.20. The van der Waals surface area contributed by atoms with Gasteiger partial charge in [-0.05, 0) is 48.3 Å². The molecule has 0 aliphatic heterocycles. The van der Waals surface area contributed by atoms with Crippen molar-refractivity contribution < 1.29 is 4.39 Å². The molecule has 1 fully saturated rings. The van der Waals surface area contributed by atoms with E-state index < -0.39 is 0 Å². The van der Waals surface area contributed by atoms with E-state index in [1.165, 1.54) is 5.56 Å². The molecule has 0 aromatic heterocycles. The second-order valence-electron chi connectivity index (χ2n) is 5.68. The van der Waals surface area contributed by atoms with Crippen LogP contribution in [0.4, 0.5) is 4.39 Å². The Morgan fingerprint density at radius 1 is 1.25 bits per heavy atom. The molecular weight excluding hydrogens is 201 g/mol. The molecule has 0 saturated heterocycles. The standard InChI is InChI=1S/C14H20FN/c1-8-5-10(6-9(2)13(8)15)11-7-12(16)14(11,3)4/h5-6,11-12H,7,16H2,1-4H3. The van der Waals surface area contributed by atoms with Gasteiger partial charge in [0.1, 0.15) is 5.82 Å². The maximum absolute atomic E-state index is 13.5. The first kappa shape index (κ1) is 11.6. The molecule has 2 heteroatoms. The van der Waals surface area contributed by atoms with E-state index >= 15 is 0 Å². The van der Waals surface area contributed by atoms with Crippen molar-refractivity contribution in [2.24, 2.45) is 11.1 Å². The molecule has 2 N–H and O–H groups in total. The average molecular weight is 221 g/mol. The van der Waals surface area contributed by atoms with E-state index in [1.807, 2.05) is 26.0 Å². The molecule has 0 spiro atoms. The van der Waals surface area contributed by atoms with Gasteiger partial charge in [-0.15, -0.1) is 0 Å². The Hall–Kier alpha value is -0.890. The van der Waals surface area contributed by atoms with E-state index in [1.54, 1.807) is 0 Å². The van der Waals surface area contributed by atoms with E-state index in [9.17, 15) is 4.39 Å². The minimum absolute atomic E-state index is 0.0785. The summed E-state index contributed by atoms with van der Waals surface area (Å²) in [5.74, 6) is 0.394. The van der Waals surface area contributed by atoms with Gasteiger partial charge in [0.05, 0.1) is 0 Å². The zero-order chi connectivity index (χ0) is 12.1. The van der Waals surface area contributed by atoms with Crippen LogP contribution in [0.3, 0.4) is 0 Å². The molecule has 88 valence electrons. The van der Waals surface area contributed by atoms with E-state index in [2.05, 4.69) is 13.8 Å². The predicted octanol–water partition coefficient (Wildman–Crippen LogP) is 3.28. The zero-order valence-electron chi connectivity index (χ0n) is 10.5. The Balaban J connectivity index is 2.37. The van der Waals surface area contributed by atoms with Crippen LogP contribution in [0.25, 0.3) is 0 Å². The van der Waals surface area contributed by atoms with Gasteiger partial charge in [0, 0.05) is 6.04 Å². The van der Waals surface area contributed by atoms with Crippen LogP contribution in [0.15, 0.2) is 12.1 Å². The average Bonchev–Trinajstić information content (AvgIpc) is 2.21. The summed E-state index contributed by atoms with van der Waals surface area (Å²) in [6.45, 7) is 8.05. The van der Waals surface area contributed by atoms with E-state index in [-0.39, 0.29) is 17.3 Å². The largest absolute Gasteiger partial charge is 0.327 e. The summed E-state index contributed by atoms with van der Waals surface area (Å²) < 4.78 is 13.5. The number of benzene rings is 1. The lowest BCUT2D eigenvalue weighted by molar-refractivity contribution is 0.0982. The monoisotopic (exact) mass is 221 g/mol. The van der Waals surface area contributed by atoms with Crippen LogP contribution in [0.2, 0.25) is 0 Å². The predicted molar refractivity (Wildman–Crippen MR) is 65.0 cm³/mol. The Morgan fingerprint density at radius 2 is 1.75 bits per heavy atom. The second kappa shape index (κ2) is 3.56. The first-order chi connectivity index (χ1) is 7.34. The van der Waals surface area contributed by atoms with Crippen molar-refractivity contribution in [3.63, 3.8) is 0 Å². The molecule has 2 unspecified atom stereocenters. The first-order valence-corrected chi connectivity index (χ1v) is 5.86. The molecule has 2 atom stereocenters. The van der Waals surface area contributed by atoms with Gasteiger partial charge < -0.3 is 5.73 Å². The van der Waals surface area contributed by atoms with Crippen molar-refractivity contribution in [3.8, 4) is 0 Å². The molecule has 2 rings (SSSR count). The van der Waals surface area contributed by atoms with Crippen molar-refractivity contribution in [2.75, 3.05) is 0 Å². The molecule has 16 heavy (non-hydrogen) atoms. The molecule has 0 amide bonds. The summed E-state index contributed by atoms with van der Waals surface area (Å²) in [6.07, 6.45) is 1.01. The lowest BCUT2D eigenvalue weighted by atomic mass is 9.56. The fourth-order valence-electron chi connectivity index (χ4n) is 2.71. The summed E-state index contributed by atoms with van der Waals surface area (Å²) in [5, 5.41) is 0. The van der Waals surface area contributed by atoms with Crippen LogP contribution in [-0.2, 0) is 0 Å². The number of hydrogen-bond acceptors (Lipinski definition) is 1. The van der Waals surface area contributed by atoms with Gasteiger partial charge in [-0.2, -0.15) is 0 Å². The van der Waals surface area contributed by atoms with Crippen molar-refractivity contribution in [3.05, 3.63) is 34.6 Å². The van der Waals surface area contributed by atoms with Crippen LogP contribution >= 0.6 is 0 Å². The van der Waals surface area contributed by atoms with Crippen molar-refractivity contribution in [1.29, 1.82) is 0 Å². The van der Waals surface area contributed by atoms with E-state index in [0.29, 0.717) is 5.92 Å². The number of rotatable bonds is 1. The van der Waals surface area contributed by atoms with Gasteiger partial charge in [-0.3, -0.25) is 0 Å². The van der Waals surface area contributed by atoms with Crippen LogP contribution in [-0.4, -0.2) is 6.04 Å². The Bertz CT molecular complexity index is 400. The maximum Gasteiger partial charge on any atom is 0.129 e.